The lowest BCUT2D eigenvalue weighted by molar-refractivity contribution is -0.130. The summed E-state index contributed by atoms with van der Waals surface area (Å²) in [5, 5.41) is 0. The van der Waals surface area contributed by atoms with Crippen LogP contribution >= 0.6 is 0 Å². The molecule has 0 aliphatic heterocycles. The molecule has 84 valence electrons. The maximum absolute atomic E-state index is 11.7. The highest BCUT2D eigenvalue weighted by atomic mass is 16.2. The molecule has 2 nitrogen and oxygen atoms in total. The second-order valence-corrected chi connectivity index (χ2v) is 4.52. The van der Waals surface area contributed by atoms with Crippen molar-refractivity contribution < 1.29 is 4.79 Å². The zero-order chi connectivity index (χ0) is 11.1. The van der Waals surface area contributed by atoms with Gasteiger partial charge < -0.3 is 4.90 Å². The van der Waals surface area contributed by atoms with Crippen molar-refractivity contribution in [3.8, 4) is 12.3 Å². The summed E-state index contributed by atoms with van der Waals surface area (Å²) in [7, 11) is 1.79. The average molecular weight is 207 g/mol. The summed E-state index contributed by atoms with van der Waals surface area (Å²) in [4.78, 5) is 13.4. The van der Waals surface area contributed by atoms with E-state index >= 15 is 0 Å². The quantitative estimate of drug-likeness (QED) is 0.514. The van der Waals surface area contributed by atoms with Crippen LogP contribution in [0.5, 0.6) is 0 Å². The van der Waals surface area contributed by atoms with Crippen molar-refractivity contribution in [1.29, 1.82) is 0 Å². The van der Waals surface area contributed by atoms with E-state index in [1.165, 1.54) is 38.5 Å². The molecule has 0 N–H and O–H groups in total. The van der Waals surface area contributed by atoms with Gasteiger partial charge in [0.1, 0.15) is 0 Å². The van der Waals surface area contributed by atoms with E-state index < -0.39 is 0 Å². The van der Waals surface area contributed by atoms with Crippen molar-refractivity contribution in [3.63, 3.8) is 0 Å². The SMILES string of the molecule is C#CCN(C)C(=O)CC1CCCCCC1. The topological polar surface area (TPSA) is 20.3 Å². The molecule has 1 aliphatic rings. The summed E-state index contributed by atoms with van der Waals surface area (Å²) in [6, 6.07) is 0. The van der Waals surface area contributed by atoms with Gasteiger partial charge in [0.15, 0.2) is 0 Å². The van der Waals surface area contributed by atoms with Gasteiger partial charge in [0.2, 0.25) is 5.91 Å². The van der Waals surface area contributed by atoms with E-state index in [1.807, 2.05) is 0 Å². The first kappa shape index (κ1) is 12.1. The van der Waals surface area contributed by atoms with Gasteiger partial charge in [0.25, 0.3) is 0 Å². The third-order valence-electron chi connectivity index (χ3n) is 3.19. The third-order valence-corrected chi connectivity index (χ3v) is 3.19. The van der Waals surface area contributed by atoms with Crippen molar-refractivity contribution in [3.05, 3.63) is 0 Å². The van der Waals surface area contributed by atoms with Gasteiger partial charge in [-0.15, -0.1) is 6.42 Å². The Kier molecular flexibility index (Phi) is 5.25. The highest BCUT2D eigenvalue weighted by Crippen LogP contribution is 2.25. The molecule has 0 atom stereocenters. The minimum Gasteiger partial charge on any atom is -0.335 e. The van der Waals surface area contributed by atoms with Crippen LogP contribution in [0.1, 0.15) is 44.9 Å². The number of amides is 1. The second-order valence-electron chi connectivity index (χ2n) is 4.52. The Morgan fingerprint density at radius 1 is 1.33 bits per heavy atom. The fraction of sp³-hybridized carbons (Fsp3) is 0.769. The van der Waals surface area contributed by atoms with Crippen LogP contribution in [0.15, 0.2) is 0 Å². The second kappa shape index (κ2) is 6.50. The van der Waals surface area contributed by atoms with Gasteiger partial charge in [-0.1, -0.05) is 31.6 Å². The van der Waals surface area contributed by atoms with Gasteiger partial charge in [-0.25, -0.2) is 0 Å². The maximum Gasteiger partial charge on any atom is 0.223 e. The van der Waals surface area contributed by atoms with Crippen LogP contribution in [0, 0.1) is 18.3 Å². The largest absolute Gasteiger partial charge is 0.335 e. The number of hydrogen-bond acceptors (Lipinski definition) is 1. The van der Waals surface area contributed by atoms with Crippen LogP contribution in [0.4, 0.5) is 0 Å². The molecule has 1 fully saturated rings. The first-order valence-electron chi connectivity index (χ1n) is 5.91. The van der Waals surface area contributed by atoms with E-state index in [1.54, 1.807) is 11.9 Å². The summed E-state index contributed by atoms with van der Waals surface area (Å²) >= 11 is 0. The lowest BCUT2D eigenvalue weighted by Gasteiger charge is -2.18. The fourth-order valence-corrected chi connectivity index (χ4v) is 2.20. The third kappa shape index (κ3) is 4.38. The Labute approximate surface area is 93.0 Å². The summed E-state index contributed by atoms with van der Waals surface area (Å²) in [6.45, 7) is 0.436. The Bertz CT molecular complexity index is 233. The Morgan fingerprint density at radius 3 is 2.47 bits per heavy atom. The molecule has 0 aromatic carbocycles. The number of hydrogen-bond donors (Lipinski definition) is 0. The molecule has 0 heterocycles. The lowest BCUT2D eigenvalue weighted by atomic mass is 9.96. The highest BCUT2D eigenvalue weighted by molar-refractivity contribution is 5.76. The molecule has 1 rings (SSSR count). The van der Waals surface area contributed by atoms with Gasteiger partial charge in [-0.3, -0.25) is 4.79 Å². The van der Waals surface area contributed by atoms with Gasteiger partial charge >= 0.3 is 0 Å². The van der Waals surface area contributed by atoms with Crippen LogP contribution in [0.25, 0.3) is 0 Å². The van der Waals surface area contributed by atoms with Gasteiger partial charge in [0, 0.05) is 13.5 Å². The van der Waals surface area contributed by atoms with Crippen LogP contribution in [0.2, 0.25) is 0 Å². The number of nitrogens with zero attached hydrogens (tertiary/aromatic N) is 1. The van der Waals surface area contributed by atoms with Crippen LogP contribution < -0.4 is 0 Å². The Hall–Kier alpha value is -0.970. The molecule has 1 amide bonds. The van der Waals surface area contributed by atoms with Gasteiger partial charge in [0.05, 0.1) is 6.54 Å². The molecule has 0 unspecified atom stereocenters. The molecule has 0 radical (unpaired) electrons. The zero-order valence-electron chi connectivity index (χ0n) is 9.67. The molecule has 0 spiro atoms. The van der Waals surface area contributed by atoms with Crippen molar-refractivity contribution in [2.75, 3.05) is 13.6 Å². The van der Waals surface area contributed by atoms with Crippen molar-refractivity contribution in [1.82, 2.24) is 4.90 Å². The van der Waals surface area contributed by atoms with E-state index in [4.69, 9.17) is 6.42 Å². The zero-order valence-corrected chi connectivity index (χ0v) is 9.67. The van der Waals surface area contributed by atoms with Crippen LogP contribution in [-0.4, -0.2) is 24.4 Å². The maximum atomic E-state index is 11.7. The standard InChI is InChI=1S/C13H21NO/c1-3-10-14(2)13(15)11-12-8-6-4-5-7-9-12/h1,12H,4-11H2,2H3. The number of carbonyl (C=O) groups excluding carboxylic acids is 1. The predicted molar refractivity (Wildman–Crippen MR) is 62.3 cm³/mol. The Morgan fingerprint density at radius 2 is 1.93 bits per heavy atom. The monoisotopic (exact) mass is 207 g/mol. The molecule has 15 heavy (non-hydrogen) atoms. The van der Waals surface area contributed by atoms with Gasteiger partial charge in [-0.05, 0) is 18.8 Å². The molecule has 0 bridgehead atoms. The fourth-order valence-electron chi connectivity index (χ4n) is 2.20. The minimum atomic E-state index is 0.208. The summed E-state index contributed by atoms with van der Waals surface area (Å²) in [6.07, 6.45) is 13.6. The van der Waals surface area contributed by atoms with E-state index in [0.717, 1.165) is 0 Å². The first-order chi connectivity index (χ1) is 7.24. The predicted octanol–water partition coefficient (Wildman–Crippen LogP) is 2.44. The Balaban J connectivity index is 2.32. The van der Waals surface area contributed by atoms with E-state index in [2.05, 4.69) is 5.92 Å². The molecule has 0 saturated heterocycles. The number of terminal acetylenes is 1. The van der Waals surface area contributed by atoms with Crippen LogP contribution in [0.3, 0.4) is 0 Å². The molecule has 1 aliphatic carbocycles. The smallest absolute Gasteiger partial charge is 0.223 e. The minimum absolute atomic E-state index is 0.208. The molecule has 1 saturated carbocycles. The normalized spacial score (nSPS) is 17.9. The molecule has 2 heteroatoms. The van der Waals surface area contributed by atoms with E-state index in [0.29, 0.717) is 18.9 Å². The van der Waals surface area contributed by atoms with E-state index in [9.17, 15) is 4.79 Å². The highest BCUT2D eigenvalue weighted by Gasteiger charge is 2.17. The molecule has 0 aromatic heterocycles. The summed E-state index contributed by atoms with van der Waals surface area (Å²) < 4.78 is 0. The lowest BCUT2D eigenvalue weighted by Crippen LogP contribution is -2.28. The average Bonchev–Trinajstić information content (AvgIpc) is 2.46. The summed E-state index contributed by atoms with van der Waals surface area (Å²) in [5.41, 5.74) is 0. The van der Waals surface area contributed by atoms with Crippen molar-refractivity contribution in [2.45, 2.75) is 44.9 Å². The number of carbonyl (C=O) groups is 1. The van der Waals surface area contributed by atoms with Gasteiger partial charge in [-0.2, -0.15) is 0 Å². The van der Waals surface area contributed by atoms with Crippen molar-refractivity contribution in [2.24, 2.45) is 5.92 Å². The number of rotatable bonds is 3. The molecule has 0 aromatic rings. The molecular weight excluding hydrogens is 186 g/mol. The van der Waals surface area contributed by atoms with Crippen LogP contribution in [-0.2, 0) is 4.79 Å². The van der Waals surface area contributed by atoms with Crippen molar-refractivity contribution >= 4 is 5.91 Å². The summed E-state index contributed by atoms with van der Waals surface area (Å²) in [5.74, 6) is 3.31. The molecular formula is C13H21NO. The van der Waals surface area contributed by atoms with E-state index in [-0.39, 0.29) is 5.91 Å². The first-order valence-corrected chi connectivity index (χ1v) is 5.91.